The number of aryl methyl sites for hydroxylation is 3. The third-order valence-electron chi connectivity index (χ3n) is 3.83. The van der Waals surface area contributed by atoms with Crippen LogP contribution in [0.2, 0.25) is 0 Å². The summed E-state index contributed by atoms with van der Waals surface area (Å²) in [6.07, 6.45) is 2.11. The number of likely N-dealkylation sites (N-methyl/N-ethyl adjacent to an activating group) is 1. The number of pyridine rings is 1. The second-order valence-electron chi connectivity index (χ2n) is 5.67. The highest BCUT2D eigenvalue weighted by atomic mass is 14.9. The molecule has 1 aromatic carbocycles. The number of nitrogens with zero attached hydrogens (tertiary/aromatic N) is 1. The Hall–Kier alpha value is -1.67. The topological polar surface area (TPSA) is 24.9 Å². The standard InChI is InChI=1S/C19H26N2/c1-5-16-7-9-17(10-8-16)13-19(20-6-2)18-11-14(3)21-15(4)12-18/h7-12,19-20H,5-6,13H2,1-4H3. The fourth-order valence-electron chi connectivity index (χ4n) is 2.77. The lowest BCUT2D eigenvalue weighted by Crippen LogP contribution is -2.23. The van der Waals surface area contributed by atoms with Crippen molar-refractivity contribution in [1.29, 1.82) is 0 Å². The molecule has 2 aromatic rings. The molecule has 2 nitrogen and oxygen atoms in total. The number of hydrogen-bond donors (Lipinski definition) is 1. The largest absolute Gasteiger partial charge is 0.310 e. The lowest BCUT2D eigenvalue weighted by Gasteiger charge is -2.19. The van der Waals surface area contributed by atoms with Crippen LogP contribution in [-0.4, -0.2) is 11.5 Å². The number of rotatable bonds is 6. The SMILES string of the molecule is CCNC(Cc1ccc(CC)cc1)c1cc(C)nc(C)c1. The molecule has 1 N–H and O–H groups in total. The molecule has 1 aromatic heterocycles. The van der Waals surface area contributed by atoms with Crippen LogP contribution in [0.3, 0.4) is 0 Å². The first kappa shape index (κ1) is 15.7. The van der Waals surface area contributed by atoms with Crippen molar-refractivity contribution in [3.8, 4) is 0 Å². The Balaban J connectivity index is 2.21. The van der Waals surface area contributed by atoms with E-state index in [1.54, 1.807) is 0 Å². The van der Waals surface area contributed by atoms with Crippen molar-refractivity contribution in [3.63, 3.8) is 0 Å². The van der Waals surface area contributed by atoms with Crippen LogP contribution >= 0.6 is 0 Å². The molecule has 1 heterocycles. The molecule has 0 aliphatic carbocycles. The second kappa shape index (κ2) is 7.37. The summed E-state index contributed by atoms with van der Waals surface area (Å²) in [7, 11) is 0. The van der Waals surface area contributed by atoms with Crippen molar-refractivity contribution in [2.75, 3.05) is 6.54 Å². The van der Waals surface area contributed by atoms with Crippen LogP contribution in [0.25, 0.3) is 0 Å². The fraction of sp³-hybridized carbons (Fsp3) is 0.421. The molecule has 2 heteroatoms. The Morgan fingerprint density at radius 1 is 0.952 bits per heavy atom. The Bertz CT molecular complexity index is 552. The summed E-state index contributed by atoms with van der Waals surface area (Å²) in [5.41, 5.74) is 6.30. The van der Waals surface area contributed by atoms with E-state index in [1.165, 1.54) is 16.7 Å². The molecular formula is C19H26N2. The van der Waals surface area contributed by atoms with Gasteiger partial charge in [-0.1, -0.05) is 38.1 Å². The summed E-state index contributed by atoms with van der Waals surface area (Å²) in [6, 6.07) is 13.7. The molecule has 0 amide bonds. The highest BCUT2D eigenvalue weighted by molar-refractivity contribution is 5.28. The fourth-order valence-corrected chi connectivity index (χ4v) is 2.77. The van der Waals surface area contributed by atoms with Crippen LogP contribution in [0.4, 0.5) is 0 Å². The maximum absolute atomic E-state index is 4.48. The third kappa shape index (κ3) is 4.40. The molecule has 1 unspecified atom stereocenters. The van der Waals surface area contributed by atoms with Crippen LogP contribution in [-0.2, 0) is 12.8 Å². The van der Waals surface area contributed by atoms with Gasteiger partial charge in [0.25, 0.3) is 0 Å². The van der Waals surface area contributed by atoms with Gasteiger partial charge >= 0.3 is 0 Å². The molecular weight excluding hydrogens is 256 g/mol. The molecule has 21 heavy (non-hydrogen) atoms. The summed E-state index contributed by atoms with van der Waals surface area (Å²) in [5.74, 6) is 0. The van der Waals surface area contributed by atoms with Gasteiger partial charge in [-0.3, -0.25) is 4.98 Å². The average molecular weight is 282 g/mol. The zero-order valence-corrected chi connectivity index (χ0v) is 13.6. The van der Waals surface area contributed by atoms with Gasteiger partial charge in [-0.2, -0.15) is 0 Å². The van der Waals surface area contributed by atoms with Gasteiger partial charge in [0.1, 0.15) is 0 Å². The van der Waals surface area contributed by atoms with Gasteiger partial charge in [0.2, 0.25) is 0 Å². The smallest absolute Gasteiger partial charge is 0.0379 e. The number of benzene rings is 1. The van der Waals surface area contributed by atoms with E-state index in [9.17, 15) is 0 Å². The van der Waals surface area contributed by atoms with Crippen molar-refractivity contribution >= 4 is 0 Å². The zero-order chi connectivity index (χ0) is 15.2. The summed E-state index contributed by atoms with van der Waals surface area (Å²) in [4.78, 5) is 4.48. The second-order valence-corrected chi connectivity index (χ2v) is 5.67. The predicted octanol–water partition coefficient (Wildman–Crippen LogP) is 4.15. The van der Waals surface area contributed by atoms with Crippen LogP contribution in [0, 0.1) is 13.8 Å². The molecule has 0 aliphatic heterocycles. The molecule has 0 aliphatic rings. The van der Waals surface area contributed by atoms with E-state index >= 15 is 0 Å². The molecule has 0 saturated heterocycles. The van der Waals surface area contributed by atoms with Gasteiger partial charge in [-0.25, -0.2) is 0 Å². The van der Waals surface area contributed by atoms with Crippen molar-refractivity contribution in [2.45, 2.75) is 46.6 Å². The first-order valence-electron chi connectivity index (χ1n) is 7.88. The van der Waals surface area contributed by atoms with Crippen LogP contribution in [0.15, 0.2) is 36.4 Å². The van der Waals surface area contributed by atoms with Crippen molar-refractivity contribution < 1.29 is 0 Å². The van der Waals surface area contributed by atoms with Crippen molar-refractivity contribution in [2.24, 2.45) is 0 Å². The number of nitrogens with one attached hydrogen (secondary N) is 1. The normalized spacial score (nSPS) is 12.4. The van der Waals surface area contributed by atoms with E-state index in [1.807, 2.05) is 0 Å². The average Bonchev–Trinajstić information content (AvgIpc) is 2.46. The van der Waals surface area contributed by atoms with Crippen LogP contribution < -0.4 is 5.32 Å². The molecule has 0 bridgehead atoms. The highest BCUT2D eigenvalue weighted by Crippen LogP contribution is 2.20. The van der Waals surface area contributed by atoms with E-state index in [-0.39, 0.29) is 0 Å². The Kier molecular flexibility index (Phi) is 5.51. The summed E-state index contributed by atoms with van der Waals surface area (Å²) in [6.45, 7) is 9.45. The first-order chi connectivity index (χ1) is 10.1. The minimum absolute atomic E-state index is 0.350. The molecule has 1 atom stereocenters. The van der Waals surface area contributed by atoms with Gasteiger partial charge < -0.3 is 5.32 Å². The zero-order valence-electron chi connectivity index (χ0n) is 13.6. The van der Waals surface area contributed by atoms with E-state index in [0.717, 1.165) is 30.8 Å². The van der Waals surface area contributed by atoms with E-state index < -0.39 is 0 Å². The Morgan fingerprint density at radius 3 is 2.05 bits per heavy atom. The van der Waals surface area contributed by atoms with E-state index in [2.05, 4.69) is 74.4 Å². The van der Waals surface area contributed by atoms with E-state index in [0.29, 0.717) is 6.04 Å². The maximum atomic E-state index is 4.48. The minimum atomic E-state index is 0.350. The first-order valence-corrected chi connectivity index (χ1v) is 7.88. The Morgan fingerprint density at radius 2 is 1.52 bits per heavy atom. The third-order valence-corrected chi connectivity index (χ3v) is 3.83. The van der Waals surface area contributed by atoms with Gasteiger partial charge in [-0.15, -0.1) is 0 Å². The van der Waals surface area contributed by atoms with Gasteiger partial charge in [0.05, 0.1) is 0 Å². The molecule has 2 rings (SSSR count). The molecule has 0 spiro atoms. The molecule has 0 fully saturated rings. The van der Waals surface area contributed by atoms with Crippen molar-refractivity contribution in [1.82, 2.24) is 10.3 Å². The lowest BCUT2D eigenvalue weighted by atomic mass is 9.97. The monoisotopic (exact) mass is 282 g/mol. The quantitative estimate of drug-likeness (QED) is 0.860. The lowest BCUT2D eigenvalue weighted by molar-refractivity contribution is 0.548. The van der Waals surface area contributed by atoms with Gasteiger partial charge in [0, 0.05) is 17.4 Å². The summed E-state index contributed by atoms with van der Waals surface area (Å²) < 4.78 is 0. The predicted molar refractivity (Wildman–Crippen MR) is 89.7 cm³/mol. The number of aromatic nitrogens is 1. The van der Waals surface area contributed by atoms with Crippen LogP contribution in [0.1, 0.15) is 48.0 Å². The highest BCUT2D eigenvalue weighted by Gasteiger charge is 2.12. The molecule has 0 radical (unpaired) electrons. The maximum Gasteiger partial charge on any atom is 0.0379 e. The summed E-state index contributed by atoms with van der Waals surface area (Å²) >= 11 is 0. The molecule has 0 saturated carbocycles. The van der Waals surface area contributed by atoms with Gasteiger partial charge in [0.15, 0.2) is 0 Å². The Labute approximate surface area is 128 Å². The molecule has 112 valence electrons. The van der Waals surface area contributed by atoms with E-state index in [4.69, 9.17) is 0 Å². The van der Waals surface area contributed by atoms with Crippen LogP contribution in [0.5, 0.6) is 0 Å². The van der Waals surface area contributed by atoms with Crippen molar-refractivity contribution in [3.05, 3.63) is 64.5 Å². The van der Waals surface area contributed by atoms with Gasteiger partial charge in [-0.05, 0) is 62.1 Å². The number of hydrogen-bond acceptors (Lipinski definition) is 2. The summed E-state index contributed by atoms with van der Waals surface area (Å²) in [5, 5.41) is 3.60. The minimum Gasteiger partial charge on any atom is -0.310 e.